The van der Waals surface area contributed by atoms with Crippen LogP contribution >= 0.6 is 35.6 Å². The van der Waals surface area contributed by atoms with Crippen LogP contribution < -0.4 is 0 Å². The van der Waals surface area contributed by atoms with Crippen LogP contribution in [-0.4, -0.2) is 74.0 Å². The van der Waals surface area contributed by atoms with Crippen LogP contribution in [-0.2, 0) is 21.4 Å². The average Bonchev–Trinajstić information content (AvgIpc) is 2.64. The van der Waals surface area contributed by atoms with Crippen LogP contribution in [0.25, 0.3) is 0 Å². The van der Waals surface area contributed by atoms with Gasteiger partial charge in [0.05, 0.1) is 12.2 Å². The molecule has 1 atom stereocenters. The van der Waals surface area contributed by atoms with Crippen molar-refractivity contribution in [3.05, 3.63) is 33.8 Å². The minimum atomic E-state index is -3.25. The molecule has 2 saturated heterocycles. The normalized spacial score (nSPS) is 22.0. The van der Waals surface area contributed by atoms with E-state index in [0.717, 1.165) is 31.5 Å². The van der Waals surface area contributed by atoms with E-state index in [1.165, 1.54) is 10.6 Å². The molecule has 1 unspecified atom stereocenters. The molecule has 6 nitrogen and oxygen atoms in total. The van der Waals surface area contributed by atoms with Gasteiger partial charge in [-0.3, -0.25) is 9.69 Å². The monoisotopic (exact) mass is 469 g/mol. The number of sulfonamides is 1. The summed E-state index contributed by atoms with van der Waals surface area (Å²) in [6.45, 7) is 4.23. The lowest BCUT2D eigenvalue weighted by molar-refractivity contribution is -0.138. The van der Waals surface area contributed by atoms with E-state index in [9.17, 15) is 13.2 Å². The third kappa shape index (κ3) is 5.74. The smallest absolute Gasteiger partial charge is 0.227 e. The fourth-order valence-electron chi connectivity index (χ4n) is 3.74. The Morgan fingerprint density at radius 2 is 1.71 bits per heavy atom. The number of benzene rings is 1. The first-order chi connectivity index (χ1) is 12.8. The SMILES string of the molecule is CS(=O)(=O)N1CCCC(C(=O)N2CCN(Cc3c(Cl)cccc3Cl)CC2)C1.Cl. The molecule has 10 heteroatoms. The molecule has 3 rings (SSSR count). The van der Waals surface area contributed by atoms with Crippen molar-refractivity contribution in [3.8, 4) is 0 Å². The number of carbonyl (C=O) groups is 1. The fourth-order valence-corrected chi connectivity index (χ4v) is 5.17. The van der Waals surface area contributed by atoms with Crippen molar-refractivity contribution in [2.24, 2.45) is 5.92 Å². The second kappa shape index (κ2) is 9.96. The minimum absolute atomic E-state index is 0. The molecule has 2 fully saturated rings. The van der Waals surface area contributed by atoms with Crippen molar-refractivity contribution < 1.29 is 13.2 Å². The van der Waals surface area contributed by atoms with Crippen molar-refractivity contribution in [2.75, 3.05) is 45.5 Å². The van der Waals surface area contributed by atoms with E-state index in [2.05, 4.69) is 4.90 Å². The first kappa shape index (κ1) is 23.7. The zero-order valence-electron chi connectivity index (χ0n) is 15.8. The number of piperazine rings is 1. The van der Waals surface area contributed by atoms with Gasteiger partial charge >= 0.3 is 0 Å². The van der Waals surface area contributed by atoms with Gasteiger partial charge in [-0.25, -0.2) is 12.7 Å². The molecule has 1 aromatic carbocycles. The van der Waals surface area contributed by atoms with Crippen LogP contribution in [0.5, 0.6) is 0 Å². The molecular weight excluding hydrogens is 445 g/mol. The highest BCUT2D eigenvalue weighted by atomic mass is 35.5. The number of hydrogen-bond donors (Lipinski definition) is 0. The maximum atomic E-state index is 12.8. The highest BCUT2D eigenvalue weighted by Gasteiger charge is 2.33. The molecule has 0 aliphatic carbocycles. The molecule has 0 bridgehead atoms. The van der Waals surface area contributed by atoms with Gasteiger partial charge in [-0.05, 0) is 25.0 Å². The highest BCUT2D eigenvalue weighted by molar-refractivity contribution is 7.88. The number of hydrogen-bond acceptors (Lipinski definition) is 4. The molecule has 1 amide bonds. The lowest BCUT2D eigenvalue weighted by atomic mass is 9.97. The molecule has 1 aromatic rings. The number of piperidine rings is 1. The standard InChI is InChI=1S/C18H25Cl2N3O3S.ClH/c1-27(25,26)23-7-3-4-14(12-23)18(24)22-10-8-21(9-11-22)13-15-16(19)5-2-6-17(15)20;/h2,5-6,14H,3-4,7-13H2,1H3;1H. The fraction of sp³-hybridized carbons (Fsp3) is 0.611. The first-order valence-electron chi connectivity index (χ1n) is 9.15. The van der Waals surface area contributed by atoms with E-state index in [0.29, 0.717) is 42.8 Å². The third-order valence-corrected chi connectivity index (χ3v) is 7.31. The summed E-state index contributed by atoms with van der Waals surface area (Å²) in [7, 11) is -3.25. The first-order valence-corrected chi connectivity index (χ1v) is 11.8. The zero-order valence-corrected chi connectivity index (χ0v) is 19.0. The predicted molar refractivity (Wildman–Crippen MR) is 115 cm³/mol. The highest BCUT2D eigenvalue weighted by Crippen LogP contribution is 2.26. The van der Waals surface area contributed by atoms with Gasteiger partial charge in [0.2, 0.25) is 15.9 Å². The molecule has 158 valence electrons. The quantitative estimate of drug-likeness (QED) is 0.679. The van der Waals surface area contributed by atoms with Crippen LogP contribution in [0.15, 0.2) is 18.2 Å². The molecule has 0 radical (unpaired) electrons. The number of amides is 1. The molecule has 2 aliphatic heterocycles. The summed E-state index contributed by atoms with van der Waals surface area (Å²) in [5.41, 5.74) is 0.914. The van der Waals surface area contributed by atoms with E-state index in [-0.39, 0.29) is 24.2 Å². The Morgan fingerprint density at radius 3 is 2.29 bits per heavy atom. The van der Waals surface area contributed by atoms with Crippen LogP contribution in [0, 0.1) is 5.92 Å². The maximum absolute atomic E-state index is 12.8. The Bertz CT molecular complexity index is 778. The van der Waals surface area contributed by atoms with E-state index in [1.807, 2.05) is 23.1 Å². The zero-order chi connectivity index (χ0) is 19.6. The minimum Gasteiger partial charge on any atom is -0.340 e. The Morgan fingerprint density at radius 1 is 1.11 bits per heavy atom. The Balaban J connectivity index is 0.00000280. The Kier molecular flexibility index (Phi) is 8.43. The van der Waals surface area contributed by atoms with Crippen molar-refractivity contribution in [1.29, 1.82) is 0 Å². The lowest BCUT2D eigenvalue weighted by Gasteiger charge is -2.38. The van der Waals surface area contributed by atoms with E-state index < -0.39 is 10.0 Å². The molecular formula is C18H26Cl3N3O3S. The summed E-state index contributed by atoms with van der Waals surface area (Å²) in [5.74, 6) is -0.170. The summed E-state index contributed by atoms with van der Waals surface area (Å²) < 4.78 is 25.0. The van der Waals surface area contributed by atoms with Gasteiger partial charge in [-0.1, -0.05) is 29.3 Å². The second-order valence-electron chi connectivity index (χ2n) is 7.26. The van der Waals surface area contributed by atoms with Gasteiger partial charge in [-0.2, -0.15) is 0 Å². The van der Waals surface area contributed by atoms with E-state index in [1.54, 1.807) is 0 Å². The molecule has 2 aliphatic rings. The summed E-state index contributed by atoms with van der Waals surface area (Å²) in [4.78, 5) is 16.9. The molecule has 2 heterocycles. The van der Waals surface area contributed by atoms with Gasteiger partial charge in [0.1, 0.15) is 0 Å². The maximum Gasteiger partial charge on any atom is 0.227 e. The molecule has 28 heavy (non-hydrogen) atoms. The summed E-state index contributed by atoms with van der Waals surface area (Å²) >= 11 is 12.5. The van der Waals surface area contributed by atoms with Crippen LogP contribution in [0.3, 0.4) is 0 Å². The second-order valence-corrected chi connectivity index (χ2v) is 10.1. The summed E-state index contributed by atoms with van der Waals surface area (Å²) in [6.07, 6.45) is 2.69. The Hall–Kier alpha value is -0.570. The summed E-state index contributed by atoms with van der Waals surface area (Å²) in [5, 5.41) is 1.31. The number of carbonyl (C=O) groups excluding carboxylic acids is 1. The predicted octanol–water partition coefficient (Wildman–Crippen LogP) is 2.73. The largest absolute Gasteiger partial charge is 0.340 e. The van der Waals surface area contributed by atoms with Crippen molar-refractivity contribution in [3.63, 3.8) is 0 Å². The Labute approximate surface area is 183 Å². The topological polar surface area (TPSA) is 60.9 Å². The van der Waals surface area contributed by atoms with Gasteiger partial charge < -0.3 is 4.90 Å². The lowest BCUT2D eigenvalue weighted by Crippen LogP contribution is -2.52. The number of rotatable bonds is 4. The molecule has 0 spiro atoms. The van der Waals surface area contributed by atoms with Crippen molar-refractivity contribution >= 4 is 51.5 Å². The molecule has 0 N–H and O–H groups in total. The molecule has 0 saturated carbocycles. The number of nitrogens with zero attached hydrogens (tertiary/aromatic N) is 3. The van der Waals surface area contributed by atoms with E-state index >= 15 is 0 Å². The van der Waals surface area contributed by atoms with Crippen molar-refractivity contribution in [1.82, 2.24) is 14.1 Å². The van der Waals surface area contributed by atoms with Gasteiger partial charge in [0, 0.05) is 61.4 Å². The number of halogens is 3. The summed E-state index contributed by atoms with van der Waals surface area (Å²) in [6, 6.07) is 5.49. The average molecular weight is 471 g/mol. The van der Waals surface area contributed by atoms with Gasteiger partial charge in [0.15, 0.2) is 0 Å². The molecule has 0 aromatic heterocycles. The van der Waals surface area contributed by atoms with Gasteiger partial charge in [-0.15, -0.1) is 12.4 Å². The van der Waals surface area contributed by atoms with Crippen LogP contribution in [0.1, 0.15) is 18.4 Å². The van der Waals surface area contributed by atoms with Crippen molar-refractivity contribution in [2.45, 2.75) is 19.4 Å². The van der Waals surface area contributed by atoms with Crippen LogP contribution in [0.2, 0.25) is 10.0 Å². The van der Waals surface area contributed by atoms with E-state index in [4.69, 9.17) is 23.2 Å². The van der Waals surface area contributed by atoms with Crippen LogP contribution in [0.4, 0.5) is 0 Å². The van der Waals surface area contributed by atoms with Gasteiger partial charge in [0.25, 0.3) is 0 Å². The third-order valence-electron chi connectivity index (χ3n) is 5.33.